The predicted molar refractivity (Wildman–Crippen MR) is 124 cm³/mol. The zero-order valence-corrected chi connectivity index (χ0v) is 19.1. The Morgan fingerprint density at radius 3 is 2.59 bits per heavy atom. The minimum absolute atomic E-state index is 0.130. The highest BCUT2D eigenvalue weighted by molar-refractivity contribution is 5.96. The summed E-state index contributed by atoms with van der Waals surface area (Å²) in [5, 5.41) is 12.6. The Kier molecular flexibility index (Phi) is 8.87. The molecule has 0 unspecified atom stereocenters. The zero-order valence-electron chi connectivity index (χ0n) is 19.1. The van der Waals surface area contributed by atoms with E-state index in [-0.39, 0.29) is 17.6 Å². The largest absolute Gasteiger partial charge is 0.478 e. The van der Waals surface area contributed by atoms with Gasteiger partial charge in [-0.3, -0.25) is 14.7 Å². The average molecular weight is 446 g/mol. The van der Waals surface area contributed by atoms with E-state index in [9.17, 15) is 14.7 Å². The van der Waals surface area contributed by atoms with Crippen molar-refractivity contribution in [3.8, 4) is 0 Å². The number of carboxylic acid groups (broad SMARTS) is 1. The lowest BCUT2D eigenvalue weighted by molar-refractivity contribution is -0.132. The number of nitrogens with zero attached hydrogens (tertiary/aromatic N) is 4. The first-order valence-electron chi connectivity index (χ1n) is 11.5. The number of benzene rings is 1. The number of nitrogens with one attached hydrogen (secondary N) is 1. The van der Waals surface area contributed by atoms with Crippen LogP contribution >= 0.6 is 0 Å². The average Bonchev–Trinajstić information content (AvgIpc) is 3.32. The summed E-state index contributed by atoms with van der Waals surface area (Å²) in [4.78, 5) is 34.8. The van der Waals surface area contributed by atoms with Gasteiger partial charge in [-0.1, -0.05) is 6.07 Å². The summed E-state index contributed by atoms with van der Waals surface area (Å²) in [5.41, 5.74) is 0.920. The van der Waals surface area contributed by atoms with Gasteiger partial charge in [0.05, 0.1) is 24.8 Å². The summed E-state index contributed by atoms with van der Waals surface area (Å²) < 4.78 is 5.71. The molecule has 2 aliphatic heterocycles. The number of likely N-dealkylation sites (N-methyl/N-ethyl adjacent to an activating group) is 1. The molecule has 1 aromatic rings. The van der Waals surface area contributed by atoms with Crippen molar-refractivity contribution in [1.82, 2.24) is 14.7 Å². The third-order valence-electron chi connectivity index (χ3n) is 5.98. The molecule has 0 saturated carbocycles. The van der Waals surface area contributed by atoms with Gasteiger partial charge in [-0.25, -0.2) is 4.79 Å². The number of ether oxygens (including phenoxy) is 1. The molecule has 176 valence electrons. The van der Waals surface area contributed by atoms with Crippen molar-refractivity contribution in [2.75, 3.05) is 64.3 Å². The van der Waals surface area contributed by atoms with Crippen LogP contribution in [0.1, 0.15) is 37.0 Å². The minimum atomic E-state index is -0.960. The van der Waals surface area contributed by atoms with Crippen LogP contribution in [0.3, 0.4) is 0 Å². The maximum absolute atomic E-state index is 12.4. The number of piperazine rings is 1. The number of hydrogen-bond acceptors (Lipinski definition) is 5. The number of guanidine groups is 1. The summed E-state index contributed by atoms with van der Waals surface area (Å²) in [6.45, 7) is 10.3. The van der Waals surface area contributed by atoms with E-state index in [0.717, 1.165) is 64.7 Å². The molecule has 0 aliphatic carbocycles. The van der Waals surface area contributed by atoms with Gasteiger partial charge in [0.15, 0.2) is 5.96 Å². The lowest BCUT2D eigenvalue weighted by Gasteiger charge is -2.37. The molecule has 9 heteroatoms. The Morgan fingerprint density at radius 2 is 1.97 bits per heavy atom. The van der Waals surface area contributed by atoms with E-state index in [1.165, 1.54) is 0 Å². The SMILES string of the molecule is CCN(CC)C(=O)CN1CCN(C(=NC[C@H]2CCCO2)Nc2cccc(C(=O)O)c2)CC1. The van der Waals surface area contributed by atoms with Crippen molar-refractivity contribution < 1.29 is 19.4 Å². The maximum atomic E-state index is 12.4. The van der Waals surface area contributed by atoms with Gasteiger partial charge in [0.2, 0.25) is 5.91 Å². The number of hydrogen-bond donors (Lipinski definition) is 2. The highest BCUT2D eigenvalue weighted by atomic mass is 16.5. The van der Waals surface area contributed by atoms with Gasteiger partial charge in [0, 0.05) is 51.6 Å². The van der Waals surface area contributed by atoms with Crippen molar-refractivity contribution in [3.05, 3.63) is 29.8 Å². The van der Waals surface area contributed by atoms with E-state index >= 15 is 0 Å². The van der Waals surface area contributed by atoms with Crippen molar-refractivity contribution in [2.24, 2.45) is 4.99 Å². The normalized spacial score (nSPS) is 19.8. The van der Waals surface area contributed by atoms with Crippen LogP contribution in [0.2, 0.25) is 0 Å². The second-order valence-electron chi connectivity index (χ2n) is 8.14. The first-order chi connectivity index (χ1) is 15.5. The highest BCUT2D eigenvalue weighted by Gasteiger charge is 2.24. The first kappa shape index (κ1) is 24.0. The van der Waals surface area contributed by atoms with Crippen molar-refractivity contribution in [1.29, 1.82) is 0 Å². The van der Waals surface area contributed by atoms with Crippen LogP contribution in [0.25, 0.3) is 0 Å². The molecule has 0 radical (unpaired) electrons. The van der Waals surface area contributed by atoms with Crippen LogP contribution in [0.5, 0.6) is 0 Å². The molecule has 2 aliphatic rings. The van der Waals surface area contributed by atoms with Gasteiger partial charge in [-0.15, -0.1) is 0 Å². The number of carbonyl (C=O) groups is 2. The molecule has 1 aromatic carbocycles. The zero-order chi connectivity index (χ0) is 22.9. The van der Waals surface area contributed by atoms with Crippen LogP contribution in [0.15, 0.2) is 29.3 Å². The molecule has 1 atom stereocenters. The molecule has 2 fully saturated rings. The van der Waals surface area contributed by atoms with E-state index in [2.05, 4.69) is 15.1 Å². The minimum Gasteiger partial charge on any atom is -0.478 e. The molecule has 3 rings (SSSR count). The number of carbonyl (C=O) groups excluding carboxylic acids is 1. The Balaban J connectivity index is 1.65. The quantitative estimate of drug-likeness (QED) is 0.465. The van der Waals surface area contributed by atoms with Crippen molar-refractivity contribution >= 4 is 23.5 Å². The molecule has 1 amide bonds. The van der Waals surface area contributed by atoms with Crippen LogP contribution < -0.4 is 5.32 Å². The number of aromatic carboxylic acids is 1. The van der Waals surface area contributed by atoms with Crippen molar-refractivity contribution in [3.63, 3.8) is 0 Å². The molecule has 32 heavy (non-hydrogen) atoms. The Morgan fingerprint density at radius 1 is 1.22 bits per heavy atom. The number of aliphatic imine (C=N–C) groups is 1. The van der Waals surface area contributed by atoms with Gasteiger partial charge in [-0.05, 0) is 44.9 Å². The summed E-state index contributed by atoms with van der Waals surface area (Å²) in [6, 6.07) is 6.75. The molecular formula is C23H35N5O4. The molecule has 0 spiro atoms. The molecule has 2 heterocycles. The predicted octanol–water partition coefficient (Wildman–Crippen LogP) is 1.82. The standard InChI is InChI=1S/C23H35N5O4/c1-3-27(4-2)21(29)17-26-10-12-28(13-11-26)23(24-16-20-9-6-14-32-20)25-19-8-5-7-18(15-19)22(30)31/h5,7-8,15,20H,3-4,6,9-14,16-17H2,1-2H3,(H,24,25)(H,30,31)/t20-/m1/s1. The lowest BCUT2D eigenvalue weighted by Crippen LogP contribution is -2.53. The number of rotatable bonds is 8. The fourth-order valence-corrected chi connectivity index (χ4v) is 4.04. The summed E-state index contributed by atoms with van der Waals surface area (Å²) >= 11 is 0. The van der Waals surface area contributed by atoms with E-state index in [1.54, 1.807) is 18.2 Å². The number of carboxylic acids is 1. The van der Waals surface area contributed by atoms with Gasteiger partial charge in [-0.2, -0.15) is 0 Å². The molecule has 2 saturated heterocycles. The number of anilines is 1. The second-order valence-corrected chi connectivity index (χ2v) is 8.14. The van der Waals surface area contributed by atoms with Crippen molar-refractivity contribution in [2.45, 2.75) is 32.8 Å². The molecule has 9 nitrogen and oxygen atoms in total. The third kappa shape index (κ3) is 6.67. The summed E-state index contributed by atoms with van der Waals surface area (Å²) in [6.07, 6.45) is 2.19. The maximum Gasteiger partial charge on any atom is 0.335 e. The lowest BCUT2D eigenvalue weighted by atomic mass is 10.2. The highest BCUT2D eigenvalue weighted by Crippen LogP contribution is 2.15. The third-order valence-corrected chi connectivity index (χ3v) is 5.98. The molecule has 0 bridgehead atoms. The first-order valence-corrected chi connectivity index (χ1v) is 11.5. The van der Waals surface area contributed by atoms with Gasteiger partial charge in [0.1, 0.15) is 0 Å². The molecule has 0 aromatic heterocycles. The summed E-state index contributed by atoms with van der Waals surface area (Å²) in [5.74, 6) is -0.0740. The van der Waals surface area contributed by atoms with Crippen LogP contribution in [-0.4, -0.2) is 103 Å². The topological polar surface area (TPSA) is 97.7 Å². The van der Waals surface area contributed by atoms with Crippen LogP contribution in [0.4, 0.5) is 5.69 Å². The van der Waals surface area contributed by atoms with E-state index in [1.807, 2.05) is 24.8 Å². The van der Waals surface area contributed by atoms with Gasteiger partial charge < -0.3 is 25.0 Å². The summed E-state index contributed by atoms with van der Waals surface area (Å²) in [7, 11) is 0. The smallest absolute Gasteiger partial charge is 0.335 e. The van der Waals surface area contributed by atoms with Crippen LogP contribution in [0, 0.1) is 0 Å². The Bertz CT molecular complexity index is 797. The van der Waals surface area contributed by atoms with E-state index in [4.69, 9.17) is 9.73 Å². The molecule has 2 N–H and O–H groups in total. The van der Waals surface area contributed by atoms with Gasteiger partial charge >= 0.3 is 5.97 Å². The monoisotopic (exact) mass is 445 g/mol. The molecular weight excluding hydrogens is 410 g/mol. The van der Waals surface area contributed by atoms with E-state index in [0.29, 0.717) is 18.8 Å². The fraction of sp³-hybridized carbons (Fsp3) is 0.609. The van der Waals surface area contributed by atoms with Crippen LogP contribution in [-0.2, 0) is 9.53 Å². The van der Waals surface area contributed by atoms with Gasteiger partial charge in [0.25, 0.3) is 0 Å². The number of amides is 1. The fourth-order valence-electron chi connectivity index (χ4n) is 4.04. The Hall–Kier alpha value is -2.65. The Labute approximate surface area is 190 Å². The van der Waals surface area contributed by atoms with E-state index < -0.39 is 5.97 Å². The second kappa shape index (κ2) is 11.8.